The van der Waals surface area contributed by atoms with Gasteiger partial charge in [-0.05, 0) is 53.7 Å². The van der Waals surface area contributed by atoms with E-state index in [2.05, 4.69) is 10.6 Å². The molecule has 0 fully saturated rings. The summed E-state index contributed by atoms with van der Waals surface area (Å²) in [7, 11) is 0. The molecule has 0 saturated heterocycles. The van der Waals surface area contributed by atoms with Gasteiger partial charge in [0.2, 0.25) is 0 Å². The molecule has 0 radical (unpaired) electrons. The predicted molar refractivity (Wildman–Crippen MR) is 84.6 cm³/mol. The molecule has 2 amide bonds. The Morgan fingerprint density at radius 1 is 1.24 bits per heavy atom. The Kier molecular flexibility index (Phi) is 5.04. The first kappa shape index (κ1) is 17.5. The maximum absolute atomic E-state index is 12.1. The summed E-state index contributed by atoms with van der Waals surface area (Å²) >= 11 is 1.63. The molecule has 0 spiro atoms. The number of carboxylic acid groups (broad SMARTS) is 1. The highest BCUT2D eigenvalue weighted by atomic mass is 32.1. The molecule has 0 aliphatic heterocycles. The van der Waals surface area contributed by atoms with Crippen LogP contribution in [-0.4, -0.2) is 22.6 Å². The molecule has 0 aliphatic carbocycles. The molecular formula is C15H24N2O3S. The quantitative estimate of drug-likeness (QED) is 0.780. The number of carbonyl (C=O) groups excluding carboxylic acids is 1. The highest BCUT2D eigenvalue weighted by Gasteiger charge is 2.44. The van der Waals surface area contributed by atoms with Gasteiger partial charge >= 0.3 is 12.0 Å². The molecule has 1 rings (SSSR count). The van der Waals surface area contributed by atoms with Gasteiger partial charge in [-0.2, -0.15) is 0 Å². The van der Waals surface area contributed by atoms with E-state index in [1.807, 2.05) is 26.0 Å². The maximum atomic E-state index is 12.1. The fourth-order valence-corrected chi connectivity index (χ4v) is 2.58. The number of hydrogen-bond donors (Lipinski definition) is 3. The number of aryl methyl sites for hydroxylation is 1. The van der Waals surface area contributed by atoms with E-state index >= 15 is 0 Å². The molecule has 6 heteroatoms. The van der Waals surface area contributed by atoms with Crippen LogP contribution in [0.1, 0.15) is 50.4 Å². The summed E-state index contributed by atoms with van der Waals surface area (Å²) in [6.45, 7) is 10.5. The van der Waals surface area contributed by atoms with Crippen LogP contribution in [0.4, 0.5) is 4.79 Å². The molecule has 118 valence electrons. The van der Waals surface area contributed by atoms with Crippen LogP contribution < -0.4 is 10.6 Å². The van der Waals surface area contributed by atoms with Crippen LogP contribution in [-0.2, 0) is 4.79 Å². The second-order valence-corrected chi connectivity index (χ2v) is 7.64. The van der Waals surface area contributed by atoms with Gasteiger partial charge in [-0.25, -0.2) is 4.79 Å². The van der Waals surface area contributed by atoms with Crippen molar-refractivity contribution >= 4 is 23.3 Å². The average molecular weight is 312 g/mol. The minimum Gasteiger partial charge on any atom is -0.481 e. The number of rotatable bonds is 5. The van der Waals surface area contributed by atoms with Gasteiger partial charge in [0.25, 0.3) is 0 Å². The summed E-state index contributed by atoms with van der Waals surface area (Å²) in [5, 5.41) is 14.9. The average Bonchev–Trinajstić information content (AvgIpc) is 2.74. The third kappa shape index (κ3) is 3.97. The van der Waals surface area contributed by atoms with E-state index in [0.717, 1.165) is 4.88 Å². The van der Waals surface area contributed by atoms with Crippen molar-refractivity contribution in [2.45, 2.75) is 53.1 Å². The van der Waals surface area contributed by atoms with E-state index in [9.17, 15) is 14.7 Å². The van der Waals surface area contributed by atoms with Crippen molar-refractivity contribution in [3.63, 3.8) is 0 Å². The van der Waals surface area contributed by atoms with Crippen molar-refractivity contribution < 1.29 is 14.7 Å². The number of carbonyl (C=O) groups is 2. The molecule has 5 nitrogen and oxygen atoms in total. The molecule has 1 unspecified atom stereocenters. The predicted octanol–water partition coefficient (Wildman–Crippen LogP) is 3.31. The third-order valence-corrected chi connectivity index (χ3v) is 5.24. The fraction of sp³-hybridized carbons (Fsp3) is 0.600. The Labute approximate surface area is 129 Å². The number of urea groups is 1. The molecule has 3 N–H and O–H groups in total. The molecule has 1 aromatic heterocycles. The molecule has 1 heterocycles. The van der Waals surface area contributed by atoms with E-state index in [1.54, 1.807) is 39.0 Å². The van der Waals surface area contributed by atoms with Crippen molar-refractivity contribution in [1.29, 1.82) is 0 Å². The van der Waals surface area contributed by atoms with Crippen molar-refractivity contribution in [3.05, 3.63) is 21.9 Å². The van der Waals surface area contributed by atoms with Gasteiger partial charge in [0.05, 0.1) is 17.0 Å². The van der Waals surface area contributed by atoms with Gasteiger partial charge in [-0.15, -0.1) is 11.3 Å². The Hall–Kier alpha value is -1.56. The zero-order valence-electron chi connectivity index (χ0n) is 13.4. The Balaban J connectivity index is 2.71. The molecule has 1 aromatic rings. The lowest BCUT2D eigenvalue weighted by Crippen LogP contribution is -2.59. The normalized spacial score (nSPS) is 13.6. The fourth-order valence-electron chi connectivity index (χ4n) is 1.70. The number of nitrogens with one attached hydrogen (secondary N) is 2. The van der Waals surface area contributed by atoms with Crippen LogP contribution in [0, 0.1) is 12.3 Å². The van der Waals surface area contributed by atoms with E-state index in [0.29, 0.717) is 0 Å². The van der Waals surface area contributed by atoms with Gasteiger partial charge in [-0.1, -0.05) is 0 Å². The Morgan fingerprint density at radius 2 is 1.81 bits per heavy atom. The lowest BCUT2D eigenvalue weighted by Gasteiger charge is -2.38. The van der Waals surface area contributed by atoms with Gasteiger partial charge in [-0.3, -0.25) is 4.79 Å². The standard InChI is InChI=1S/C15H24N2O3S/c1-9-7-8-11(21-9)10(2)16-13(20)17-15(5,6)14(3,4)12(18)19/h7-8,10H,1-6H3,(H,18,19)(H2,16,17,20). The van der Waals surface area contributed by atoms with Crippen LogP contribution in [0.15, 0.2) is 12.1 Å². The third-order valence-electron chi connectivity index (χ3n) is 4.06. The van der Waals surface area contributed by atoms with Gasteiger partial charge < -0.3 is 15.7 Å². The van der Waals surface area contributed by atoms with E-state index in [4.69, 9.17) is 0 Å². The summed E-state index contributed by atoms with van der Waals surface area (Å²) in [4.78, 5) is 25.7. The lowest BCUT2D eigenvalue weighted by atomic mass is 9.74. The van der Waals surface area contributed by atoms with Gasteiger partial charge in [0, 0.05) is 9.75 Å². The van der Waals surface area contributed by atoms with E-state index < -0.39 is 16.9 Å². The first-order valence-corrected chi connectivity index (χ1v) is 7.67. The monoisotopic (exact) mass is 312 g/mol. The van der Waals surface area contributed by atoms with E-state index in [-0.39, 0.29) is 12.1 Å². The zero-order chi connectivity index (χ0) is 16.4. The molecule has 0 aliphatic rings. The lowest BCUT2D eigenvalue weighted by molar-refractivity contribution is -0.150. The van der Waals surface area contributed by atoms with Gasteiger partial charge in [0.1, 0.15) is 0 Å². The molecule has 21 heavy (non-hydrogen) atoms. The van der Waals surface area contributed by atoms with Gasteiger partial charge in [0.15, 0.2) is 0 Å². The molecule has 0 bridgehead atoms. The van der Waals surface area contributed by atoms with Crippen molar-refractivity contribution in [2.75, 3.05) is 0 Å². The number of hydrogen-bond acceptors (Lipinski definition) is 3. The molecule has 0 aromatic carbocycles. The SMILES string of the molecule is Cc1ccc(C(C)NC(=O)NC(C)(C)C(C)(C)C(=O)O)s1. The van der Waals surface area contributed by atoms with E-state index in [1.165, 1.54) is 4.88 Å². The van der Waals surface area contributed by atoms with Crippen LogP contribution >= 0.6 is 11.3 Å². The number of thiophene rings is 1. The Bertz CT molecular complexity index is 535. The summed E-state index contributed by atoms with van der Waals surface area (Å²) in [6, 6.07) is 3.51. The number of amides is 2. The zero-order valence-corrected chi connectivity index (χ0v) is 14.2. The summed E-state index contributed by atoms with van der Waals surface area (Å²) in [6.07, 6.45) is 0. The number of aliphatic carboxylic acids is 1. The second kappa shape index (κ2) is 6.05. The Morgan fingerprint density at radius 3 is 2.24 bits per heavy atom. The van der Waals surface area contributed by atoms with Crippen LogP contribution in [0.2, 0.25) is 0 Å². The summed E-state index contributed by atoms with van der Waals surface area (Å²) < 4.78 is 0. The topological polar surface area (TPSA) is 78.4 Å². The van der Waals surface area contributed by atoms with Crippen LogP contribution in [0.25, 0.3) is 0 Å². The highest BCUT2D eigenvalue weighted by Crippen LogP contribution is 2.30. The van der Waals surface area contributed by atoms with Crippen LogP contribution in [0.5, 0.6) is 0 Å². The second-order valence-electron chi connectivity index (χ2n) is 6.32. The minimum absolute atomic E-state index is 0.118. The first-order valence-electron chi connectivity index (χ1n) is 6.86. The minimum atomic E-state index is -1.08. The molecule has 1 atom stereocenters. The number of carboxylic acids is 1. The smallest absolute Gasteiger partial charge is 0.315 e. The highest BCUT2D eigenvalue weighted by molar-refractivity contribution is 7.12. The molecular weight excluding hydrogens is 288 g/mol. The molecule has 0 saturated carbocycles. The van der Waals surface area contributed by atoms with Crippen molar-refractivity contribution in [3.8, 4) is 0 Å². The van der Waals surface area contributed by atoms with Crippen molar-refractivity contribution in [1.82, 2.24) is 10.6 Å². The van der Waals surface area contributed by atoms with Crippen molar-refractivity contribution in [2.24, 2.45) is 5.41 Å². The first-order chi connectivity index (χ1) is 9.47. The largest absolute Gasteiger partial charge is 0.481 e. The summed E-state index contributed by atoms with van der Waals surface area (Å²) in [5.41, 5.74) is -1.96. The maximum Gasteiger partial charge on any atom is 0.315 e. The van der Waals surface area contributed by atoms with Crippen LogP contribution in [0.3, 0.4) is 0 Å². The summed E-state index contributed by atoms with van der Waals surface area (Å²) in [5.74, 6) is -0.949.